The van der Waals surface area contributed by atoms with Crippen LogP contribution in [0.15, 0.2) is 54.7 Å². The molecule has 2 saturated heterocycles. The first-order valence-electron chi connectivity index (χ1n) is 14.2. The van der Waals surface area contributed by atoms with E-state index in [9.17, 15) is 9.59 Å². The van der Waals surface area contributed by atoms with Gasteiger partial charge in [0, 0.05) is 48.9 Å². The zero-order chi connectivity index (χ0) is 29.1. The second kappa shape index (κ2) is 12.5. The van der Waals surface area contributed by atoms with E-state index in [2.05, 4.69) is 20.5 Å². The van der Waals surface area contributed by atoms with E-state index in [-0.39, 0.29) is 11.7 Å². The Hall–Kier alpha value is -3.37. The third-order valence-electron chi connectivity index (χ3n) is 7.93. The molecule has 3 aromatic rings. The van der Waals surface area contributed by atoms with E-state index in [1.807, 2.05) is 12.1 Å². The lowest BCUT2D eigenvalue weighted by atomic mass is 9.91. The summed E-state index contributed by atoms with van der Waals surface area (Å²) in [5.41, 5.74) is 1.90. The summed E-state index contributed by atoms with van der Waals surface area (Å²) in [6, 6.07) is 13.6. The van der Waals surface area contributed by atoms with E-state index in [1.165, 1.54) is 12.3 Å². The zero-order valence-corrected chi connectivity index (χ0v) is 24.5. The standard InChI is InChI=1S/C31H32Cl2N4O5/c32-20-3-7-26(25(17-20)30(39)36-28-8-4-21(33)19-34-28)35-29(38)24-6-5-22(37-13-1-2-14-37)18-27(24)42-23-9-11-31(12-10-23)40-15-16-41-31/h3-8,17-19,23H,1-2,9-16H2,(H,35,38)(H,34,36,39). The summed E-state index contributed by atoms with van der Waals surface area (Å²) in [5.74, 6) is -0.538. The molecule has 2 N–H and O–H groups in total. The van der Waals surface area contributed by atoms with Gasteiger partial charge in [-0.15, -0.1) is 0 Å². The maximum Gasteiger partial charge on any atom is 0.259 e. The molecule has 6 rings (SSSR count). The van der Waals surface area contributed by atoms with Crippen molar-refractivity contribution in [2.45, 2.75) is 50.4 Å². The second-order valence-corrected chi connectivity index (χ2v) is 11.6. The number of nitrogens with zero attached hydrogens (tertiary/aromatic N) is 2. The van der Waals surface area contributed by atoms with E-state index in [0.29, 0.717) is 46.1 Å². The molecule has 9 nitrogen and oxygen atoms in total. The van der Waals surface area contributed by atoms with Crippen molar-refractivity contribution >= 4 is 52.2 Å². The van der Waals surface area contributed by atoms with Crippen LogP contribution in [0.4, 0.5) is 17.2 Å². The lowest BCUT2D eigenvalue weighted by Crippen LogP contribution is -2.38. The summed E-state index contributed by atoms with van der Waals surface area (Å²) in [5, 5.41) is 6.43. The molecular weight excluding hydrogens is 579 g/mol. The Bertz CT molecular complexity index is 1450. The summed E-state index contributed by atoms with van der Waals surface area (Å²) in [7, 11) is 0. The molecule has 0 radical (unpaired) electrons. The molecule has 0 bridgehead atoms. The molecule has 0 atom stereocenters. The fourth-order valence-corrected chi connectivity index (χ4v) is 6.00. The van der Waals surface area contributed by atoms with E-state index >= 15 is 0 Å². The molecule has 11 heteroatoms. The number of benzene rings is 2. The van der Waals surface area contributed by atoms with E-state index in [1.54, 1.807) is 30.3 Å². The third-order valence-corrected chi connectivity index (χ3v) is 8.38. The highest BCUT2D eigenvalue weighted by Gasteiger charge is 2.41. The average Bonchev–Trinajstić information content (AvgIpc) is 3.70. The number of halogens is 2. The smallest absolute Gasteiger partial charge is 0.259 e. The minimum absolute atomic E-state index is 0.0763. The highest BCUT2D eigenvalue weighted by atomic mass is 35.5. The first-order chi connectivity index (χ1) is 20.4. The highest BCUT2D eigenvalue weighted by molar-refractivity contribution is 6.31. The molecule has 3 heterocycles. The Kier molecular flexibility index (Phi) is 8.53. The molecular formula is C31H32Cl2N4O5. The summed E-state index contributed by atoms with van der Waals surface area (Å²) < 4.78 is 18.3. The normalized spacial score (nSPS) is 18.3. The molecule has 2 aliphatic heterocycles. The van der Waals surface area contributed by atoms with Gasteiger partial charge >= 0.3 is 0 Å². The largest absolute Gasteiger partial charge is 0.490 e. The van der Waals surface area contributed by atoms with Crippen LogP contribution in [0.2, 0.25) is 10.0 Å². The van der Waals surface area contributed by atoms with E-state index in [4.69, 9.17) is 37.4 Å². The first-order valence-corrected chi connectivity index (χ1v) is 15.0. The number of carbonyl (C=O) groups is 2. The van der Waals surface area contributed by atoms with Crippen LogP contribution in [-0.4, -0.2) is 55.0 Å². The van der Waals surface area contributed by atoms with Gasteiger partial charge < -0.3 is 29.7 Å². The van der Waals surface area contributed by atoms with Gasteiger partial charge in [0.05, 0.1) is 41.2 Å². The van der Waals surface area contributed by atoms with E-state index in [0.717, 1.165) is 57.3 Å². The van der Waals surface area contributed by atoms with Crippen molar-refractivity contribution in [2.75, 3.05) is 41.8 Å². The maximum absolute atomic E-state index is 13.7. The van der Waals surface area contributed by atoms with Crippen LogP contribution in [-0.2, 0) is 9.47 Å². The molecule has 1 saturated carbocycles. The van der Waals surface area contributed by atoms with Crippen molar-refractivity contribution in [3.05, 3.63) is 75.9 Å². The molecule has 1 spiro atoms. The number of hydrogen-bond acceptors (Lipinski definition) is 7. The average molecular weight is 612 g/mol. The Balaban J connectivity index is 1.23. The number of pyridine rings is 1. The summed E-state index contributed by atoms with van der Waals surface area (Å²) in [4.78, 5) is 33.3. The Morgan fingerprint density at radius 2 is 1.60 bits per heavy atom. The van der Waals surface area contributed by atoms with Crippen molar-refractivity contribution in [2.24, 2.45) is 0 Å². The van der Waals surface area contributed by atoms with Gasteiger partial charge in [0.2, 0.25) is 0 Å². The number of carbonyl (C=O) groups excluding carboxylic acids is 2. The van der Waals surface area contributed by atoms with Crippen molar-refractivity contribution < 1.29 is 23.8 Å². The number of ether oxygens (including phenoxy) is 3. The highest BCUT2D eigenvalue weighted by Crippen LogP contribution is 2.38. The van der Waals surface area contributed by atoms with Gasteiger partial charge in [-0.2, -0.15) is 0 Å². The first kappa shape index (κ1) is 28.7. The Morgan fingerprint density at radius 3 is 2.31 bits per heavy atom. The quantitative estimate of drug-likeness (QED) is 0.312. The van der Waals surface area contributed by atoms with Crippen LogP contribution < -0.4 is 20.3 Å². The number of aromatic nitrogens is 1. The fraction of sp³-hybridized carbons (Fsp3) is 0.387. The van der Waals surface area contributed by atoms with Gasteiger partial charge in [0.1, 0.15) is 11.6 Å². The molecule has 3 aliphatic rings. The second-order valence-electron chi connectivity index (χ2n) is 10.8. The summed E-state index contributed by atoms with van der Waals surface area (Å²) in [6.45, 7) is 3.18. The summed E-state index contributed by atoms with van der Waals surface area (Å²) >= 11 is 12.1. The van der Waals surface area contributed by atoms with Gasteiger partial charge in [0.15, 0.2) is 5.79 Å². The van der Waals surface area contributed by atoms with Crippen LogP contribution in [0.25, 0.3) is 0 Å². The van der Waals surface area contributed by atoms with Crippen molar-refractivity contribution in [3.63, 3.8) is 0 Å². The zero-order valence-electron chi connectivity index (χ0n) is 23.0. The number of hydrogen-bond donors (Lipinski definition) is 2. The van der Waals surface area contributed by atoms with Gasteiger partial charge in [-0.1, -0.05) is 23.2 Å². The summed E-state index contributed by atoms with van der Waals surface area (Å²) in [6.07, 6.45) is 6.64. The SMILES string of the molecule is O=C(Nc1ccc(Cl)cn1)c1cc(Cl)ccc1NC(=O)c1ccc(N2CCCC2)cc1OC1CCC2(CC1)OCCO2. The molecule has 0 unspecified atom stereocenters. The molecule has 2 aromatic carbocycles. The van der Waals surface area contributed by atoms with Crippen LogP contribution in [0.3, 0.4) is 0 Å². The van der Waals surface area contributed by atoms with Crippen molar-refractivity contribution in [1.29, 1.82) is 0 Å². The van der Waals surface area contributed by atoms with Gasteiger partial charge in [-0.3, -0.25) is 9.59 Å². The Morgan fingerprint density at radius 1 is 0.881 bits per heavy atom. The van der Waals surface area contributed by atoms with E-state index < -0.39 is 17.6 Å². The molecule has 1 aromatic heterocycles. The van der Waals surface area contributed by atoms with Gasteiger partial charge in [0.25, 0.3) is 11.8 Å². The third kappa shape index (κ3) is 6.49. The molecule has 1 aliphatic carbocycles. The number of amides is 2. The van der Waals surface area contributed by atoms with Crippen LogP contribution in [0, 0.1) is 0 Å². The number of rotatable bonds is 7. The maximum atomic E-state index is 13.7. The van der Waals surface area contributed by atoms with Gasteiger partial charge in [-0.05, 0) is 68.1 Å². The van der Waals surface area contributed by atoms with Crippen molar-refractivity contribution in [3.8, 4) is 5.75 Å². The number of anilines is 3. The lowest BCUT2D eigenvalue weighted by molar-refractivity contribution is -0.186. The predicted molar refractivity (Wildman–Crippen MR) is 162 cm³/mol. The minimum Gasteiger partial charge on any atom is -0.490 e. The van der Waals surface area contributed by atoms with Crippen LogP contribution in [0.1, 0.15) is 59.2 Å². The molecule has 42 heavy (non-hydrogen) atoms. The number of nitrogens with one attached hydrogen (secondary N) is 2. The molecule has 2 amide bonds. The lowest BCUT2D eigenvalue weighted by Gasteiger charge is -2.35. The van der Waals surface area contributed by atoms with Crippen LogP contribution >= 0.6 is 23.2 Å². The predicted octanol–water partition coefficient (Wildman–Crippen LogP) is 6.56. The Labute approximate surface area is 254 Å². The minimum atomic E-state index is -0.495. The topological polar surface area (TPSA) is 102 Å². The van der Waals surface area contributed by atoms with Gasteiger partial charge in [-0.25, -0.2) is 4.98 Å². The van der Waals surface area contributed by atoms with Crippen LogP contribution in [0.5, 0.6) is 5.75 Å². The monoisotopic (exact) mass is 610 g/mol. The van der Waals surface area contributed by atoms with Crippen molar-refractivity contribution in [1.82, 2.24) is 4.98 Å². The fourth-order valence-electron chi connectivity index (χ4n) is 5.72. The molecule has 3 fully saturated rings. The molecule has 220 valence electrons.